The zero-order valence-corrected chi connectivity index (χ0v) is 29.8. The average molecular weight is 648 g/mol. The summed E-state index contributed by atoms with van der Waals surface area (Å²) in [6, 6.07) is 0. The maximum absolute atomic E-state index is 11.3. The quantitative estimate of drug-likeness (QED) is 0.0971. The van der Waals surface area contributed by atoms with Gasteiger partial charge < -0.3 is 15.4 Å². The number of nitrogens with zero attached hydrogens (tertiary/aromatic N) is 4. The van der Waals surface area contributed by atoms with Crippen molar-refractivity contribution in [3.63, 3.8) is 0 Å². The molecule has 0 atom stereocenters. The molecular weight excluding hydrogens is 606 g/mol. The summed E-state index contributed by atoms with van der Waals surface area (Å²) >= 11 is 0. The first-order chi connectivity index (χ1) is 20.6. The van der Waals surface area contributed by atoms with Gasteiger partial charge in [-0.1, -0.05) is 60.9 Å². The van der Waals surface area contributed by atoms with Crippen LogP contribution in [0.15, 0.2) is 79.2 Å². The van der Waals surface area contributed by atoms with Crippen LogP contribution in [-0.4, -0.2) is 40.9 Å². The van der Waals surface area contributed by atoms with Crippen molar-refractivity contribution in [2.24, 2.45) is 9.98 Å². The Bertz CT molecular complexity index is 1580. The van der Waals surface area contributed by atoms with E-state index in [9.17, 15) is 9.90 Å². The third kappa shape index (κ3) is 7.45. The normalized spacial score (nSPS) is 19.4. The van der Waals surface area contributed by atoms with Crippen molar-refractivity contribution in [1.29, 1.82) is 0 Å². The molecule has 0 spiro atoms. The largest absolute Gasteiger partial charge is 2.00 e. The van der Waals surface area contributed by atoms with Crippen LogP contribution in [0.2, 0.25) is 0 Å². The minimum absolute atomic E-state index is 0. The van der Waals surface area contributed by atoms with Gasteiger partial charge in [0.15, 0.2) is 0 Å². The third-order valence-corrected chi connectivity index (χ3v) is 8.44. The summed E-state index contributed by atoms with van der Waals surface area (Å²) in [7, 11) is 0. The fourth-order valence-electron chi connectivity index (χ4n) is 5.94. The van der Waals surface area contributed by atoms with Gasteiger partial charge in [-0.3, -0.25) is 10.1 Å². The van der Waals surface area contributed by atoms with E-state index in [0.29, 0.717) is 25.8 Å². The Hall–Kier alpha value is -3.39. The number of carboxylic acid groups (broad SMARTS) is 1. The molecule has 4 heterocycles. The first-order valence-corrected chi connectivity index (χ1v) is 15.0. The van der Waals surface area contributed by atoms with E-state index in [1.54, 1.807) is 0 Å². The van der Waals surface area contributed by atoms with Gasteiger partial charge in [0.1, 0.15) is 0 Å². The molecule has 2 N–H and O–H groups in total. The zero-order valence-electron chi connectivity index (χ0n) is 26.9. The standard InChI is InChI=1S/C35H43N4O4.Zn/c1-8-24-21(5)31(37-28(24)10-3)17-33-25(9-2)22(6)29(38-33)16-30-23(7)27(12-11-15-43-42)34(39-30)18-32-26(13-14-35(40)41)20(4)19-36-32;/h10,16-18H,3,8-9,11-15,19H2,1-2,4-7H3,(H3-,36,37,38,39,40,41,42);/q-1;+2/p-1. The van der Waals surface area contributed by atoms with Gasteiger partial charge in [-0.15, -0.1) is 23.6 Å². The molecule has 9 heteroatoms. The molecule has 1 aromatic heterocycles. The summed E-state index contributed by atoms with van der Waals surface area (Å²) in [6.07, 6.45) is 11.5. The molecular formula is C35H42N4O4Zn. The number of hydrogen-bond donors (Lipinski definition) is 2. The molecule has 0 saturated carbocycles. The number of rotatable bonds is 13. The number of carboxylic acids is 1. The van der Waals surface area contributed by atoms with Gasteiger partial charge in [-0.05, 0) is 88.2 Å². The van der Waals surface area contributed by atoms with Crippen LogP contribution >= 0.6 is 0 Å². The van der Waals surface area contributed by atoms with Crippen molar-refractivity contribution in [2.75, 3.05) is 13.2 Å². The van der Waals surface area contributed by atoms with E-state index < -0.39 is 5.97 Å². The van der Waals surface area contributed by atoms with E-state index in [1.807, 2.05) is 25.2 Å². The van der Waals surface area contributed by atoms with Crippen molar-refractivity contribution >= 4 is 29.5 Å². The summed E-state index contributed by atoms with van der Waals surface area (Å²) in [4.78, 5) is 30.5. The molecule has 44 heavy (non-hydrogen) atoms. The van der Waals surface area contributed by atoms with Gasteiger partial charge in [-0.2, -0.15) is 0 Å². The number of carbonyl (C=O) groups is 1. The van der Waals surface area contributed by atoms with Gasteiger partial charge in [0.25, 0.3) is 0 Å². The molecule has 3 aliphatic heterocycles. The molecule has 0 aliphatic carbocycles. The molecule has 8 nitrogen and oxygen atoms in total. The molecule has 0 bridgehead atoms. The van der Waals surface area contributed by atoms with E-state index in [1.165, 1.54) is 11.1 Å². The molecule has 0 unspecified atom stereocenters. The summed E-state index contributed by atoms with van der Waals surface area (Å²) in [6.45, 7) is 17.3. The van der Waals surface area contributed by atoms with E-state index in [4.69, 9.17) is 20.2 Å². The van der Waals surface area contributed by atoms with E-state index in [0.717, 1.165) is 86.2 Å². The molecule has 0 fully saturated rings. The average Bonchev–Trinajstić information content (AvgIpc) is 3.67. The Morgan fingerprint density at radius 3 is 2.18 bits per heavy atom. The second-order valence-electron chi connectivity index (χ2n) is 11.1. The van der Waals surface area contributed by atoms with Crippen LogP contribution < -0.4 is 4.98 Å². The van der Waals surface area contributed by atoms with Crippen molar-refractivity contribution in [2.45, 2.75) is 80.1 Å². The van der Waals surface area contributed by atoms with Crippen molar-refractivity contribution in [3.8, 4) is 0 Å². The molecule has 3 aliphatic rings. The predicted molar refractivity (Wildman–Crippen MR) is 174 cm³/mol. The molecule has 1 aromatic rings. The van der Waals surface area contributed by atoms with Crippen molar-refractivity contribution in [3.05, 3.63) is 97.1 Å². The maximum Gasteiger partial charge on any atom is 2.00 e. The number of allylic oxidation sites excluding steroid dienone is 7. The first-order valence-electron chi connectivity index (χ1n) is 15.0. The Morgan fingerprint density at radius 1 is 0.932 bits per heavy atom. The fraction of sp³-hybridized carbons (Fsp3) is 0.400. The van der Waals surface area contributed by atoms with Gasteiger partial charge >= 0.3 is 25.4 Å². The second-order valence-corrected chi connectivity index (χ2v) is 11.1. The smallest absolute Gasteiger partial charge is 0.681 e. The van der Waals surface area contributed by atoms with E-state index >= 15 is 0 Å². The second kappa shape index (κ2) is 15.6. The minimum atomic E-state index is -0.827. The number of aliphatic imine (C=N–C) groups is 2. The van der Waals surface area contributed by atoms with E-state index in [-0.39, 0.29) is 32.5 Å². The summed E-state index contributed by atoms with van der Waals surface area (Å²) in [5.74, 6) is -0.827. The van der Waals surface area contributed by atoms with Crippen LogP contribution in [0.25, 0.3) is 17.5 Å². The molecule has 0 radical (unpaired) electrons. The zero-order chi connectivity index (χ0) is 31.3. The van der Waals surface area contributed by atoms with Gasteiger partial charge in [0, 0.05) is 6.42 Å². The Morgan fingerprint density at radius 2 is 1.59 bits per heavy atom. The summed E-state index contributed by atoms with van der Waals surface area (Å²) < 4.78 is 0. The number of aromatic nitrogens is 1. The van der Waals surface area contributed by atoms with E-state index in [2.05, 4.69) is 57.5 Å². The van der Waals surface area contributed by atoms with Gasteiger partial charge in [-0.25, -0.2) is 14.9 Å². The van der Waals surface area contributed by atoms with Crippen molar-refractivity contribution < 1.29 is 39.5 Å². The van der Waals surface area contributed by atoms with Crippen LogP contribution in [0.5, 0.6) is 0 Å². The summed E-state index contributed by atoms with van der Waals surface area (Å²) in [5, 5.41) is 22.8. The molecule has 228 valence electrons. The molecule has 0 aromatic carbocycles. The van der Waals surface area contributed by atoms with Crippen molar-refractivity contribution in [1.82, 2.24) is 4.98 Å². The Balaban J connectivity index is 0.00000529. The van der Waals surface area contributed by atoms with Crippen LogP contribution in [-0.2, 0) is 35.6 Å². The third-order valence-electron chi connectivity index (χ3n) is 8.44. The topological polar surface area (TPSA) is 120 Å². The fourth-order valence-corrected chi connectivity index (χ4v) is 5.94. The minimum Gasteiger partial charge on any atom is -0.681 e. The summed E-state index contributed by atoms with van der Waals surface area (Å²) in [5.41, 5.74) is 14.9. The predicted octanol–water partition coefficient (Wildman–Crippen LogP) is 8.05. The van der Waals surface area contributed by atoms with Gasteiger partial charge in [0.2, 0.25) is 0 Å². The molecule has 4 rings (SSSR count). The molecule has 0 saturated heterocycles. The SMILES string of the molecule is C=CC1=N/C(=C\c2[n-]c(/C=C3N=C(/C=C4\[N-]CC(C)=C4CCC(=O)O)C(CCCOO)=C\3C)c(C)c2CC)C(C)=C1CC.[Zn+2]. The van der Waals surface area contributed by atoms with Crippen LogP contribution in [0, 0.1) is 6.92 Å². The van der Waals surface area contributed by atoms with Crippen LogP contribution in [0.1, 0.15) is 89.2 Å². The maximum atomic E-state index is 11.3. The van der Waals surface area contributed by atoms with Crippen LogP contribution in [0.3, 0.4) is 0 Å². The van der Waals surface area contributed by atoms with Gasteiger partial charge in [0.05, 0.1) is 29.4 Å². The van der Waals surface area contributed by atoms with Crippen LogP contribution in [0.4, 0.5) is 0 Å². The first kappa shape index (κ1) is 35.1. The Labute approximate surface area is 273 Å². The Kier molecular flexibility index (Phi) is 12.4. The number of aliphatic carboxylic acids is 1. The molecule has 0 amide bonds. The number of hydrogen-bond acceptors (Lipinski definition) is 5. The monoisotopic (exact) mass is 646 g/mol.